The van der Waals surface area contributed by atoms with Crippen molar-refractivity contribution in [1.29, 1.82) is 0 Å². The molecule has 3 aromatic rings. The van der Waals surface area contributed by atoms with Crippen LogP contribution in [0.3, 0.4) is 0 Å². The van der Waals surface area contributed by atoms with Gasteiger partial charge in [-0.2, -0.15) is 0 Å². The maximum atomic E-state index is 12.7. The van der Waals surface area contributed by atoms with Crippen LogP contribution < -0.4 is 10.9 Å². The van der Waals surface area contributed by atoms with E-state index >= 15 is 0 Å². The Hall–Kier alpha value is -2.93. The third-order valence-electron chi connectivity index (χ3n) is 3.90. The molecular weight excluding hydrogens is 362 g/mol. The molecule has 138 valence electrons. The molecule has 0 bridgehead atoms. The van der Waals surface area contributed by atoms with Crippen molar-refractivity contribution in [2.75, 3.05) is 5.75 Å². The van der Waals surface area contributed by atoms with Crippen LogP contribution in [0.2, 0.25) is 0 Å². The first kappa shape index (κ1) is 18.8. The number of thioether (sulfide) groups is 1. The maximum Gasteiger partial charge on any atom is 0.262 e. The first-order valence-corrected chi connectivity index (χ1v) is 9.60. The summed E-state index contributed by atoms with van der Waals surface area (Å²) in [6.07, 6.45) is 0.770. The first-order chi connectivity index (χ1) is 13.1. The van der Waals surface area contributed by atoms with Crippen molar-refractivity contribution in [3.05, 3.63) is 70.5 Å². The molecule has 1 N–H and O–H groups in total. The number of aromatic nitrogens is 2. The van der Waals surface area contributed by atoms with Gasteiger partial charge in [0.2, 0.25) is 5.91 Å². The summed E-state index contributed by atoms with van der Waals surface area (Å²) in [6, 6.07) is 15.7. The van der Waals surface area contributed by atoms with E-state index in [4.69, 9.17) is 0 Å². The fraction of sp³-hybridized carbons (Fsp3) is 0.200. The fourth-order valence-electron chi connectivity index (χ4n) is 2.63. The standard InChI is InChI=1S/C20H19N3O3S/c1-2-12-23-19(26)15-10-6-7-11-16(15)21-20(23)27-13-17(24)22-18(25)14-8-4-3-5-9-14/h3-11H,2,12-13H2,1H3,(H,22,24,25). The predicted molar refractivity (Wildman–Crippen MR) is 106 cm³/mol. The highest BCUT2D eigenvalue weighted by Gasteiger charge is 2.14. The van der Waals surface area contributed by atoms with Gasteiger partial charge in [-0.15, -0.1) is 0 Å². The number of rotatable bonds is 6. The lowest BCUT2D eigenvalue weighted by Crippen LogP contribution is -2.32. The molecule has 0 saturated heterocycles. The van der Waals surface area contributed by atoms with Gasteiger partial charge in [-0.1, -0.05) is 49.0 Å². The molecule has 27 heavy (non-hydrogen) atoms. The lowest BCUT2D eigenvalue weighted by Gasteiger charge is -2.12. The average molecular weight is 381 g/mol. The van der Waals surface area contributed by atoms with E-state index < -0.39 is 11.8 Å². The number of carbonyl (C=O) groups excluding carboxylic acids is 2. The monoisotopic (exact) mass is 381 g/mol. The van der Waals surface area contributed by atoms with Crippen molar-refractivity contribution in [3.63, 3.8) is 0 Å². The summed E-state index contributed by atoms with van der Waals surface area (Å²) in [6.45, 7) is 2.49. The molecule has 3 rings (SSSR count). The molecular formula is C20H19N3O3S. The van der Waals surface area contributed by atoms with Crippen LogP contribution in [0.15, 0.2) is 64.5 Å². The van der Waals surface area contributed by atoms with Gasteiger partial charge in [0.25, 0.3) is 11.5 Å². The van der Waals surface area contributed by atoms with Gasteiger partial charge in [-0.3, -0.25) is 24.3 Å². The third-order valence-corrected chi connectivity index (χ3v) is 4.87. The number of nitrogens with one attached hydrogen (secondary N) is 1. The summed E-state index contributed by atoms with van der Waals surface area (Å²) in [5.41, 5.74) is 0.895. The second-order valence-corrected chi connectivity index (χ2v) is 6.84. The number of carbonyl (C=O) groups is 2. The molecule has 2 aromatic carbocycles. The average Bonchev–Trinajstić information content (AvgIpc) is 2.69. The van der Waals surface area contributed by atoms with Gasteiger partial charge in [0.05, 0.1) is 16.7 Å². The van der Waals surface area contributed by atoms with Gasteiger partial charge in [0.15, 0.2) is 5.16 Å². The summed E-state index contributed by atoms with van der Waals surface area (Å²) in [5.74, 6) is -0.884. The van der Waals surface area contributed by atoms with Gasteiger partial charge in [-0.25, -0.2) is 4.98 Å². The molecule has 1 heterocycles. The van der Waals surface area contributed by atoms with Crippen LogP contribution in [0.1, 0.15) is 23.7 Å². The number of benzene rings is 2. The SMILES string of the molecule is CCCn1c(SCC(=O)NC(=O)c2ccccc2)nc2ccccc2c1=O. The number of hydrogen-bond donors (Lipinski definition) is 1. The van der Waals surface area contributed by atoms with Crippen LogP contribution in [0.4, 0.5) is 0 Å². The summed E-state index contributed by atoms with van der Waals surface area (Å²) in [7, 11) is 0. The minimum absolute atomic E-state index is 0.00688. The molecule has 0 aliphatic carbocycles. The molecule has 0 aliphatic rings. The third kappa shape index (κ3) is 4.43. The van der Waals surface area contributed by atoms with Gasteiger partial charge in [0.1, 0.15) is 0 Å². The Morgan fingerprint density at radius 2 is 1.78 bits per heavy atom. The van der Waals surface area contributed by atoms with E-state index in [9.17, 15) is 14.4 Å². The van der Waals surface area contributed by atoms with E-state index in [1.54, 1.807) is 53.1 Å². The Kier molecular flexibility index (Phi) is 6.03. The minimum atomic E-state index is -0.446. The van der Waals surface area contributed by atoms with Crippen LogP contribution in [-0.4, -0.2) is 27.1 Å². The first-order valence-electron chi connectivity index (χ1n) is 8.61. The molecule has 0 saturated carbocycles. The van der Waals surface area contributed by atoms with Gasteiger partial charge >= 0.3 is 0 Å². The van der Waals surface area contributed by atoms with E-state index in [0.29, 0.717) is 28.2 Å². The topological polar surface area (TPSA) is 81.1 Å². The van der Waals surface area contributed by atoms with Crippen LogP contribution >= 0.6 is 11.8 Å². The number of amides is 2. The highest BCUT2D eigenvalue weighted by atomic mass is 32.2. The molecule has 2 amide bonds. The minimum Gasteiger partial charge on any atom is -0.292 e. The Labute approximate surface area is 160 Å². The van der Waals surface area contributed by atoms with Crippen molar-refractivity contribution in [3.8, 4) is 0 Å². The highest BCUT2D eigenvalue weighted by molar-refractivity contribution is 7.99. The van der Waals surface area contributed by atoms with Gasteiger partial charge in [0, 0.05) is 12.1 Å². The van der Waals surface area contributed by atoms with E-state index in [0.717, 1.165) is 18.2 Å². The van der Waals surface area contributed by atoms with Gasteiger partial charge in [-0.05, 0) is 30.7 Å². The van der Waals surface area contributed by atoms with Crippen LogP contribution in [-0.2, 0) is 11.3 Å². The molecule has 1 aromatic heterocycles. The zero-order chi connectivity index (χ0) is 19.2. The quantitative estimate of drug-likeness (QED) is 0.525. The summed E-state index contributed by atoms with van der Waals surface area (Å²) in [5, 5.41) is 3.39. The Morgan fingerprint density at radius 3 is 2.52 bits per heavy atom. The lowest BCUT2D eigenvalue weighted by molar-refractivity contribution is -0.117. The van der Waals surface area contributed by atoms with Crippen molar-refractivity contribution < 1.29 is 9.59 Å². The molecule has 0 atom stereocenters. The van der Waals surface area contributed by atoms with Crippen LogP contribution in [0, 0.1) is 0 Å². The lowest BCUT2D eigenvalue weighted by atomic mass is 10.2. The molecule has 0 spiro atoms. The van der Waals surface area contributed by atoms with Crippen molar-refractivity contribution in [2.45, 2.75) is 25.0 Å². The predicted octanol–water partition coefficient (Wildman–Crippen LogP) is 2.86. The van der Waals surface area contributed by atoms with E-state index in [-0.39, 0.29) is 11.3 Å². The number of imide groups is 1. The van der Waals surface area contributed by atoms with Crippen LogP contribution in [0.25, 0.3) is 10.9 Å². The normalized spacial score (nSPS) is 10.7. The summed E-state index contributed by atoms with van der Waals surface area (Å²) < 4.78 is 1.58. The Bertz CT molecular complexity index is 1030. The molecule has 0 radical (unpaired) electrons. The maximum absolute atomic E-state index is 12.7. The fourth-order valence-corrected chi connectivity index (χ4v) is 3.46. The van der Waals surface area contributed by atoms with Gasteiger partial charge < -0.3 is 0 Å². The smallest absolute Gasteiger partial charge is 0.262 e. The number of hydrogen-bond acceptors (Lipinski definition) is 5. The largest absolute Gasteiger partial charge is 0.292 e. The van der Waals surface area contributed by atoms with Crippen LogP contribution in [0.5, 0.6) is 0 Å². The van der Waals surface area contributed by atoms with Crippen molar-refractivity contribution >= 4 is 34.5 Å². The second kappa shape index (κ2) is 8.64. The highest BCUT2D eigenvalue weighted by Crippen LogP contribution is 2.18. The summed E-state index contributed by atoms with van der Waals surface area (Å²) in [4.78, 5) is 41.4. The molecule has 0 fully saturated rings. The number of para-hydroxylation sites is 1. The molecule has 6 nitrogen and oxygen atoms in total. The zero-order valence-electron chi connectivity index (χ0n) is 14.8. The molecule has 0 unspecified atom stereocenters. The van der Waals surface area contributed by atoms with E-state index in [1.807, 2.05) is 13.0 Å². The van der Waals surface area contributed by atoms with E-state index in [1.165, 1.54) is 0 Å². The molecule has 0 aliphatic heterocycles. The number of nitrogens with zero attached hydrogens (tertiary/aromatic N) is 2. The van der Waals surface area contributed by atoms with Crippen molar-refractivity contribution in [1.82, 2.24) is 14.9 Å². The number of fused-ring (bicyclic) bond motifs is 1. The van der Waals surface area contributed by atoms with Crippen molar-refractivity contribution in [2.24, 2.45) is 0 Å². The Morgan fingerprint density at radius 1 is 1.07 bits per heavy atom. The second-order valence-electron chi connectivity index (χ2n) is 5.90. The van der Waals surface area contributed by atoms with E-state index in [2.05, 4.69) is 10.3 Å². The Balaban J connectivity index is 1.76. The molecule has 7 heteroatoms. The zero-order valence-corrected chi connectivity index (χ0v) is 15.7. The summed E-state index contributed by atoms with van der Waals surface area (Å²) >= 11 is 1.15.